The summed E-state index contributed by atoms with van der Waals surface area (Å²) in [5.41, 5.74) is 1.69. The molecule has 30 heavy (non-hydrogen) atoms. The first-order valence-corrected chi connectivity index (χ1v) is 10.3. The van der Waals surface area contributed by atoms with Gasteiger partial charge in [-0.15, -0.1) is 0 Å². The first-order valence-electron chi connectivity index (χ1n) is 10.3. The number of carboxylic acid groups (broad SMARTS) is 1. The second kappa shape index (κ2) is 9.17. The molecule has 0 spiro atoms. The number of alkyl carbamates (subject to hydrolysis) is 1. The third-order valence-corrected chi connectivity index (χ3v) is 5.80. The van der Waals surface area contributed by atoms with E-state index in [2.05, 4.69) is 10.2 Å². The van der Waals surface area contributed by atoms with Crippen LogP contribution < -0.4 is 10.1 Å². The van der Waals surface area contributed by atoms with Gasteiger partial charge in [0.15, 0.2) is 6.61 Å². The molecule has 2 aromatic carbocycles. The van der Waals surface area contributed by atoms with Crippen LogP contribution in [0.5, 0.6) is 5.75 Å². The summed E-state index contributed by atoms with van der Waals surface area (Å²) in [4.78, 5) is 25.9. The number of fused-ring (bicyclic) bond motifs is 3. The monoisotopic (exact) mass is 410 g/mol. The van der Waals surface area contributed by atoms with Gasteiger partial charge in [0.1, 0.15) is 11.9 Å². The Balaban J connectivity index is 1.50. The van der Waals surface area contributed by atoms with E-state index in [0.29, 0.717) is 11.7 Å². The summed E-state index contributed by atoms with van der Waals surface area (Å²) in [5.74, 6) is -0.175. The maximum absolute atomic E-state index is 12.8. The fraction of sp³-hybridized carbons (Fsp3) is 0.391. The number of carboxylic acids is 1. The highest BCUT2D eigenvalue weighted by molar-refractivity contribution is 5.69. The number of rotatable bonds is 7. The summed E-state index contributed by atoms with van der Waals surface area (Å²) in [6.07, 6.45) is 1.63. The number of aliphatic carboxylic acids is 1. The van der Waals surface area contributed by atoms with Crippen LogP contribution in [0.15, 0.2) is 54.6 Å². The minimum atomic E-state index is -1.04. The van der Waals surface area contributed by atoms with E-state index in [4.69, 9.17) is 14.6 Å². The molecule has 2 bridgehead atoms. The molecule has 0 aromatic heterocycles. The molecule has 3 aliphatic heterocycles. The number of piperidine rings is 3. The van der Waals surface area contributed by atoms with Gasteiger partial charge in [-0.1, -0.05) is 42.5 Å². The van der Waals surface area contributed by atoms with Gasteiger partial charge in [0.25, 0.3) is 0 Å². The Bertz CT molecular complexity index is 880. The molecule has 1 amide bonds. The third-order valence-electron chi connectivity index (χ3n) is 5.80. The SMILES string of the molecule is O=C(O)COc1cccc([C@@H](NC(=O)O[C@H]2CN3CCC2CC3)c2ccccc2)c1. The Morgan fingerprint density at radius 1 is 1.07 bits per heavy atom. The molecule has 2 N–H and O–H groups in total. The molecule has 2 atom stereocenters. The zero-order valence-electron chi connectivity index (χ0n) is 16.7. The van der Waals surface area contributed by atoms with Crippen molar-refractivity contribution in [3.05, 3.63) is 65.7 Å². The third kappa shape index (κ3) is 4.91. The van der Waals surface area contributed by atoms with E-state index in [-0.39, 0.29) is 6.10 Å². The molecule has 3 heterocycles. The number of nitrogens with one attached hydrogen (secondary N) is 1. The van der Waals surface area contributed by atoms with Gasteiger partial charge in [-0.05, 0) is 55.1 Å². The predicted octanol–water partition coefficient (Wildman–Crippen LogP) is 3.06. The van der Waals surface area contributed by atoms with Crippen LogP contribution in [-0.4, -0.2) is 54.4 Å². The molecule has 5 rings (SSSR count). The predicted molar refractivity (Wildman–Crippen MR) is 110 cm³/mol. The highest BCUT2D eigenvalue weighted by Gasteiger charge is 2.36. The Kier molecular flexibility index (Phi) is 6.18. The molecule has 0 saturated carbocycles. The molecule has 0 unspecified atom stereocenters. The van der Waals surface area contributed by atoms with Crippen LogP contribution in [0.25, 0.3) is 0 Å². The lowest BCUT2D eigenvalue weighted by atomic mass is 9.86. The number of amides is 1. The van der Waals surface area contributed by atoms with Crippen LogP contribution in [0.1, 0.15) is 30.0 Å². The fourth-order valence-corrected chi connectivity index (χ4v) is 4.27. The van der Waals surface area contributed by atoms with E-state index in [0.717, 1.165) is 43.6 Å². The standard InChI is InChI=1S/C23H26N2O5/c26-21(27)15-29-19-8-4-7-18(13-19)22(17-5-2-1-3-6-17)24-23(28)30-20-14-25-11-9-16(20)10-12-25/h1-8,13,16,20,22H,9-12,14-15H2,(H,24,28)(H,26,27)/t20-,22-/m0/s1. The van der Waals surface area contributed by atoms with Gasteiger partial charge in [-0.25, -0.2) is 9.59 Å². The van der Waals surface area contributed by atoms with Crippen molar-refractivity contribution in [1.82, 2.24) is 10.2 Å². The van der Waals surface area contributed by atoms with E-state index in [1.807, 2.05) is 36.4 Å². The van der Waals surface area contributed by atoms with Crippen LogP contribution in [0.4, 0.5) is 4.79 Å². The molecular formula is C23H26N2O5. The average molecular weight is 410 g/mol. The molecule has 7 heteroatoms. The zero-order valence-corrected chi connectivity index (χ0v) is 16.7. The highest BCUT2D eigenvalue weighted by atomic mass is 16.6. The number of nitrogens with zero attached hydrogens (tertiary/aromatic N) is 1. The number of benzene rings is 2. The van der Waals surface area contributed by atoms with Gasteiger partial charge in [0.2, 0.25) is 0 Å². The topological polar surface area (TPSA) is 88.1 Å². The lowest BCUT2D eigenvalue weighted by Crippen LogP contribution is -2.52. The lowest BCUT2D eigenvalue weighted by Gasteiger charge is -2.43. The Morgan fingerprint density at radius 2 is 1.80 bits per heavy atom. The fourth-order valence-electron chi connectivity index (χ4n) is 4.27. The van der Waals surface area contributed by atoms with Crippen LogP contribution in [0, 0.1) is 5.92 Å². The number of carbonyl (C=O) groups excluding carboxylic acids is 1. The van der Waals surface area contributed by atoms with Crippen molar-refractivity contribution in [2.24, 2.45) is 5.92 Å². The molecular weight excluding hydrogens is 384 g/mol. The smallest absolute Gasteiger partial charge is 0.408 e. The maximum Gasteiger partial charge on any atom is 0.408 e. The maximum atomic E-state index is 12.8. The zero-order chi connectivity index (χ0) is 20.9. The molecule has 2 aromatic rings. The number of hydrogen-bond acceptors (Lipinski definition) is 5. The minimum Gasteiger partial charge on any atom is -0.482 e. The number of carbonyl (C=O) groups is 2. The van der Waals surface area contributed by atoms with Crippen molar-refractivity contribution in [2.45, 2.75) is 25.0 Å². The van der Waals surface area contributed by atoms with Crippen molar-refractivity contribution >= 4 is 12.1 Å². The Hall–Kier alpha value is -3.06. The van der Waals surface area contributed by atoms with Gasteiger partial charge < -0.3 is 19.9 Å². The summed E-state index contributed by atoms with van der Waals surface area (Å²) in [6.45, 7) is 2.55. The van der Waals surface area contributed by atoms with Crippen molar-refractivity contribution < 1.29 is 24.2 Å². The minimum absolute atomic E-state index is 0.0749. The summed E-state index contributed by atoms with van der Waals surface area (Å²) in [7, 11) is 0. The Labute approximate surface area is 175 Å². The molecule has 158 valence electrons. The van der Waals surface area contributed by atoms with Crippen LogP contribution in [0.2, 0.25) is 0 Å². The van der Waals surface area contributed by atoms with Crippen molar-refractivity contribution in [3.8, 4) is 5.75 Å². The van der Waals surface area contributed by atoms with E-state index < -0.39 is 24.7 Å². The summed E-state index contributed by atoms with van der Waals surface area (Å²) in [6, 6.07) is 16.3. The first kappa shape index (κ1) is 20.2. The second-order valence-corrected chi connectivity index (χ2v) is 7.82. The lowest BCUT2D eigenvalue weighted by molar-refractivity contribution is -0.139. The van der Waals surface area contributed by atoms with E-state index in [1.54, 1.807) is 18.2 Å². The summed E-state index contributed by atoms with van der Waals surface area (Å²) < 4.78 is 11.1. The number of hydrogen-bond donors (Lipinski definition) is 2. The van der Waals surface area contributed by atoms with Crippen LogP contribution in [0.3, 0.4) is 0 Å². The average Bonchev–Trinajstić information content (AvgIpc) is 2.78. The normalized spacial score (nSPS) is 23.4. The molecule has 0 radical (unpaired) electrons. The first-order chi connectivity index (χ1) is 14.6. The molecule has 3 saturated heterocycles. The summed E-state index contributed by atoms with van der Waals surface area (Å²) in [5, 5.41) is 11.8. The molecule has 0 aliphatic carbocycles. The molecule has 3 fully saturated rings. The summed E-state index contributed by atoms with van der Waals surface area (Å²) >= 11 is 0. The van der Waals surface area contributed by atoms with E-state index in [9.17, 15) is 9.59 Å². The largest absolute Gasteiger partial charge is 0.482 e. The van der Waals surface area contributed by atoms with Crippen LogP contribution in [-0.2, 0) is 9.53 Å². The molecule has 3 aliphatic rings. The van der Waals surface area contributed by atoms with Crippen molar-refractivity contribution in [2.75, 3.05) is 26.2 Å². The van der Waals surface area contributed by atoms with Gasteiger partial charge in [0, 0.05) is 6.54 Å². The highest BCUT2D eigenvalue weighted by Crippen LogP contribution is 2.30. The van der Waals surface area contributed by atoms with Crippen LogP contribution >= 0.6 is 0 Å². The molecule has 7 nitrogen and oxygen atoms in total. The van der Waals surface area contributed by atoms with E-state index >= 15 is 0 Å². The van der Waals surface area contributed by atoms with E-state index in [1.165, 1.54) is 0 Å². The van der Waals surface area contributed by atoms with Gasteiger partial charge in [-0.3, -0.25) is 4.90 Å². The van der Waals surface area contributed by atoms with Gasteiger partial charge in [0.05, 0.1) is 6.04 Å². The van der Waals surface area contributed by atoms with Gasteiger partial charge >= 0.3 is 12.1 Å². The van der Waals surface area contributed by atoms with Crippen molar-refractivity contribution in [1.29, 1.82) is 0 Å². The number of ether oxygens (including phenoxy) is 2. The quantitative estimate of drug-likeness (QED) is 0.729. The second-order valence-electron chi connectivity index (χ2n) is 7.82. The Morgan fingerprint density at radius 3 is 2.47 bits per heavy atom. The van der Waals surface area contributed by atoms with Crippen molar-refractivity contribution in [3.63, 3.8) is 0 Å². The van der Waals surface area contributed by atoms with Gasteiger partial charge in [-0.2, -0.15) is 0 Å².